The van der Waals surface area contributed by atoms with E-state index < -0.39 is 0 Å². The number of amides is 2. The SMILES string of the molecule is O=C1Nc2ccc(Cl)cc2CN1CCCc1ccccc1. The smallest absolute Gasteiger partial charge is 0.320 e. The van der Waals surface area contributed by atoms with Crippen LogP contribution in [-0.4, -0.2) is 17.5 Å². The van der Waals surface area contributed by atoms with Gasteiger partial charge in [-0.2, -0.15) is 0 Å². The summed E-state index contributed by atoms with van der Waals surface area (Å²) in [5.41, 5.74) is 3.24. The molecule has 0 aliphatic carbocycles. The third-order valence-electron chi connectivity index (χ3n) is 3.69. The highest BCUT2D eigenvalue weighted by Crippen LogP contribution is 2.26. The predicted molar refractivity (Wildman–Crippen MR) is 85.6 cm³/mol. The van der Waals surface area contributed by atoms with Gasteiger partial charge in [0.05, 0.1) is 0 Å². The Labute approximate surface area is 129 Å². The first-order valence-corrected chi connectivity index (χ1v) is 7.48. The molecule has 2 aromatic carbocycles. The van der Waals surface area contributed by atoms with Gasteiger partial charge in [-0.05, 0) is 42.2 Å². The van der Waals surface area contributed by atoms with Crippen LogP contribution in [0.15, 0.2) is 48.5 Å². The lowest BCUT2D eigenvalue weighted by Crippen LogP contribution is -2.39. The summed E-state index contributed by atoms with van der Waals surface area (Å²) < 4.78 is 0. The Hall–Kier alpha value is -2.00. The molecule has 0 radical (unpaired) electrons. The molecule has 1 heterocycles. The summed E-state index contributed by atoms with van der Waals surface area (Å²) in [5.74, 6) is 0. The van der Waals surface area contributed by atoms with Crippen LogP contribution in [0.3, 0.4) is 0 Å². The highest BCUT2D eigenvalue weighted by atomic mass is 35.5. The molecule has 3 nitrogen and oxygen atoms in total. The number of carbonyl (C=O) groups is 1. The van der Waals surface area contributed by atoms with Crippen molar-refractivity contribution in [3.05, 3.63) is 64.7 Å². The molecule has 1 aliphatic heterocycles. The van der Waals surface area contributed by atoms with Crippen molar-refractivity contribution in [1.82, 2.24) is 4.90 Å². The van der Waals surface area contributed by atoms with Crippen LogP contribution in [-0.2, 0) is 13.0 Å². The standard InChI is InChI=1S/C17H17ClN2O/c18-15-8-9-16-14(11-15)12-20(17(21)19-16)10-4-7-13-5-2-1-3-6-13/h1-3,5-6,8-9,11H,4,7,10,12H2,(H,19,21). The molecule has 108 valence electrons. The van der Waals surface area contributed by atoms with Gasteiger partial charge in [0.25, 0.3) is 0 Å². The van der Waals surface area contributed by atoms with Gasteiger partial charge in [-0.1, -0.05) is 41.9 Å². The average Bonchev–Trinajstić information content (AvgIpc) is 2.49. The Morgan fingerprint density at radius 1 is 1.14 bits per heavy atom. The van der Waals surface area contributed by atoms with E-state index in [-0.39, 0.29) is 6.03 Å². The molecule has 1 N–H and O–H groups in total. The first-order chi connectivity index (χ1) is 10.2. The summed E-state index contributed by atoms with van der Waals surface area (Å²) in [7, 11) is 0. The summed E-state index contributed by atoms with van der Waals surface area (Å²) in [6, 6.07) is 15.9. The van der Waals surface area contributed by atoms with Crippen molar-refractivity contribution < 1.29 is 4.79 Å². The van der Waals surface area contributed by atoms with E-state index in [1.165, 1.54) is 5.56 Å². The van der Waals surface area contributed by atoms with Gasteiger partial charge in [0, 0.05) is 23.8 Å². The largest absolute Gasteiger partial charge is 0.322 e. The van der Waals surface area contributed by atoms with Crippen molar-refractivity contribution in [2.45, 2.75) is 19.4 Å². The molecule has 4 heteroatoms. The van der Waals surface area contributed by atoms with E-state index in [2.05, 4.69) is 17.4 Å². The maximum Gasteiger partial charge on any atom is 0.322 e. The van der Waals surface area contributed by atoms with Crippen molar-refractivity contribution in [2.75, 3.05) is 11.9 Å². The lowest BCUT2D eigenvalue weighted by Gasteiger charge is -2.29. The zero-order valence-corrected chi connectivity index (χ0v) is 12.4. The highest BCUT2D eigenvalue weighted by Gasteiger charge is 2.21. The zero-order chi connectivity index (χ0) is 14.7. The molecule has 0 spiro atoms. The monoisotopic (exact) mass is 300 g/mol. The minimum absolute atomic E-state index is 0.0297. The average molecular weight is 301 g/mol. The number of halogens is 1. The fourth-order valence-corrected chi connectivity index (χ4v) is 2.78. The summed E-state index contributed by atoms with van der Waals surface area (Å²) in [6.07, 6.45) is 1.93. The second kappa shape index (κ2) is 6.19. The molecule has 2 amide bonds. The van der Waals surface area contributed by atoms with E-state index >= 15 is 0 Å². The topological polar surface area (TPSA) is 32.3 Å². The van der Waals surface area contributed by atoms with Crippen molar-refractivity contribution in [1.29, 1.82) is 0 Å². The highest BCUT2D eigenvalue weighted by molar-refractivity contribution is 6.30. The number of nitrogens with one attached hydrogen (secondary N) is 1. The van der Waals surface area contributed by atoms with E-state index in [9.17, 15) is 4.79 Å². The van der Waals surface area contributed by atoms with Crippen LogP contribution in [0.25, 0.3) is 0 Å². The van der Waals surface area contributed by atoms with Crippen molar-refractivity contribution >= 4 is 23.3 Å². The molecule has 0 saturated carbocycles. The molecular formula is C17H17ClN2O. The first kappa shape index (κ1) is 14.0. The number of benzene rings is 2. The maximum atomic E-state index is 12.1. The van der Waals surface area contributed by atoms with Crippen molar-refractivity contribution in [2.24, 2.45) is 0 Å². The number of anilines is 1. The molecule has 3 rings (SSSR count). The number of hydrogen-bond donors (Lipinski definition) is 1. The second-order valence-corrected chi connectivity index (χ2v) is 5.68. The first-order valence-electron chi connectivity index (χ1n) is 7.10. The van der Waals surface area contributed by atoms with Crippen LogP contribution >= 0.6 is 11.6 Å². The maximum absolute atomic E-state index is 12.1. The minimum Gasteiger partial charge on any atom is -0.320 e. The summed E-state index contributed by atoms with van der Waals surface area (Å²) in [4.78, 5) is 13.9. The molecule has 2 aromatic rings. The van der Waals surface area contributed by atoms with Gasteiger partial charge in [-0.3, -0.25) is 0 Å². The van der Waals surface area contributed by atoms with Crippen molar-refractivity contribution in [3.8, 4) is 0 Å². The Morgan fingerprint density at radius 3 is 2.76 bits per heavy atom. The quantitative estimate of drug-likeness (QED) is 0.896. The van der Waals surface area contributed by atoms with Gasteiger partial charge in [0.2, 0.25) is 0 Å². The number of carbonyl (C=O) groups excluding carboxylic acids is 1. The van der Waals surface area contributed by atoms with Crippen molar-refractivity contribution in [3.63, 3.8) is 0 Å². The van der Waals surface area contributed by atoms with Gasteiger partial charge in [-0.25, -0.2) is 4.79 Å². The molecule has 0 saturated heterocycles. The van der Waals surface area contributed by atoms with E-state index in [0.29, 0.717) is 11.6 Å². The molecule has 0 atom stereocenters. The van der Waals surface area contributed by atoms with Crippen LogP contribution in [0.2, 0.25) is 5.02 Å². The third-order valence-corrected chi connectivity index (χ3v) is 3.93. The van der Waals surface area contributed by atoms with Gasteiger partial charge in [-0.15, -0.1) is 0 Å². The molecule has 0 aromatic heterocycles. The van der Waals surface area contributed by atoms with Gasteiger partial charge in [0.15, 0.2) is 0 Å². The lowest BCUT2D eigenvalue weighted by atomic mass is 10.1. The molecule has 0 unspecified atom stereocenters. The molecule has 21 heavy (non-hydrogen) atoms. The zero-order valence-electron chi connectivity index (χ0n) is 11.7. The van der Waals surface area contributed by atoms with Gasteiger partial charge in [0.1, 0.15) is 0 Å². The Kier molecular flexibility index (Phi) is 4.11. The summed E-state index contributed by atoms with van der Waals surface area (Å²) >= 11 is 6.01. The van der Waals surface area contributed by atoms with Crippen LogP contribution < -0.4 is 5.32 Å². The number of hydrogen-bond acceptors (Lipinski definition) is 1. The Morgan fingerprint density at radius 2 is 1.95 bits per heavy atom. The Balaban J connectivity index is 1.60. The second-order valence-electron chi connectivity index (χ2n) is 5.24. The van der Waals surface area contributed by atoms with E-state index in [1.807, 2.05) is 35.2 Å². The van der Waals surface area contributed by atoms with Crippen LogP contribution in [0.5, 0.6) is 0 Å². The third kappa shape index (κ3) is 3.37. The van der Waals surface area contributed by atoms with E-state index in [1.54, 1.807) is 6.07 Å². The predicted octanol–water partition coefficient (Wildman–Crippen LogP) is 4.32. The minimum atomic E-state index is -0.0297. The molecule has 1 aliphatic rings. The van der Waals surface area contributed by atoms with E-state index in [0.717, 1.165) is 30.6 Å². The summed E-state index contributed by atoms with van der Waals surface area (Å²) in [5, 5.41) is 3.62. The normalized spacial score (nSPS) is 13.8. The van der Waals surface area contributed by atoms with Gasteiger partial charge < -0.3 is 10.2 Å². The number of nitrogens with zero attached hydrogens (tertiary/aromatic N) is 1. The van der Waals surface area contributed by atoms with Crippen LogP contribution in [0, 0.1) is 0 Å². The number of fused-ring (bicyclic) bond motifs is 1. The fraction of sp³-hybridized carbons (Fsp3) is 0.235. The Bertz CT molecular complexity index is 642. The number of urea groups is 1. The molecule has 0 fully saturated rings. The lowest BCUT2D eigenvalue weighted by molar-refractivity contribution is 0.206. The summed E-state index contributed by atoms with van der Waals surface area (Å²) in [6.45, 7) is 1.36. The van der Waals surface area contributed by atoms with Gasteiger partial charge >= 0.3 is 6.03 Å². The van der Waals surface area contributed by atoms with E-state index in [4.69, 9.17) is 11.6 Å². The number of rotatable bonds is 4. The molecule has 0 bridgehead atoms. The van der Waals surface area contributed by atoms with Crippen LogP contribution in [0.1, 0.15) is 17.5 Å². The van der Waals surface area contributed by atoms with Crippen LogP contribution in [0.4, 0.5) is 10.5 Å². The number of aryl methyl sites for hydroxylation is 1. The fourth-order valence-electron chi connectivity index (χ4n) is 2.59. The molecular weight excluding hydrogens is 284 g/mol.